The molecule has 0 radical (unpaired) electrons. The summed E-state index contributed by atoms with van der Waals surface area (Å²) in [5.74, 6) is 0.0652. The maximum atomic E-state index is 12.5. The quantitative estimate of drug-likeness (QED) is 0.721. The van der Waals surface area contributed by atoms with E-state index in [4.69, 9.17) is 4.74 Å². The van der Waals surface area contributed by atoms with Crippen molar-refractivity contribution in [1.29, 1.82) is 0 Å². The molecule has 0 aliphatic carbocycles. The fourth-order valence-corrected chi connectivity index (χ4v) is 4.57. The Balaban J connectivity index is 2.04. The number of carbonyl (C=O) groups excluding carboxylic acids is 1. The molecule has 122 valence electrons. The Labute approximate surface area is 126 Å². The molecule has 2 heterocycles. The number of hydrogen-bond donors (Lipinski definition) is 1. The van der Waals surface area contributed by atoms with Crippen LogP contribution in [0.25, 0.3) is 0 Å². The summed E-state index contributed by atoms with van der Waals surface area (Å²) in [4.78, 5) is 13.8. The molecule has 21 heavy (non-hydrogen) atoms. The Morgan fingerprint density at radius 2 is 2.19 bits per heavy atom. The average Bonchev–Trinajstić information content (AvgIpc) is 2.48. The summed E-state index contributed by atoms with van der Waals surface area (Å²) in [6.45, 7) is 4.58. The van der Waals surface area contributed by atoms with Crippen LogP contribution in [0.4, 0.5) is 0 Å². The number of carbonyl (C=O) groups is 1. The second-order valence-corrected chi connectivity index (χ2v) is 8.08. The summed E-state index contributed by atoms with van der Waals surface area (Å²) in [6.07, 6.45) is 1.66. The number of hydrogen-bond acceptors (Lipinski definition) is 5. The van der Waals surface area contributed by atoms with E-state index in [9.17, 15) is 13.2 Å². The van der Waals surface area contributed by atoms with Crippen LogP contribution in [-0.4, -0.2) is 81.3 Å². The van der Waals surface area contributed by atoms with Crippen LogP contribution in [0, 0.1) is 0 Å². The van der Waals surface area contributed by atoms with Crippen LogP contribution < -0.4 is 5.32 Å². The summed E-state index contributed by atoms with van der Waals surface area (Å²) < 4.78 is 31.5. The molecule has 1 amide bonds. The van der Waals surface area contributed by atoms with Gasteiger partial charge in [0.1, 0.15) is 0 Å². The minimum Gasteiger partial charge on any atom is -0.383 e. The van der Waals surface area contributed by atoms with E-state index < -0.39 is 15.3 Å². The molecular formula is C13H25N3O4S. The summed E-state index contributed by atoms with van der Waals surface area (Å²) >= 11 is 0. The molecule has 2 atom stereocenters. The lowest BCUT2D eigenvalue weighted by molar-refractivity contribution is -0.135. The first-order valence-electron chi connectivity index (χ1n) is 7.45. The zero-order valence-electron chi connectivity index (χ0n) is 12.7. The Kier molecular flexibility index (Phi) is 5.59. The van der Waals surface area contributed by atoms with Crippen molar-refractivity contribution in [3.05, 3.63) is 0 Å². The van der Waals surface area contributed by atoms with Gasteiger partial charge in [0.25, 0.3) is 0 Å². The number of sulfonamides is 1. The van der Waals surface area contributed by atoms with Crippen molar-refractivity contribution < 1.29 is 17.9 Å². The highest BCUT2D eigenvalue weighted by Crippen LogP contribution is 2.21. The Morgan fingerprint density at radius 3 is 2.86 bits per heavy atom. The van der Waals surface area contributed by atoms with Crippen LogP contribution in [0.2, 0.25) is 0 Å². The van der Waals surface area contributed by atoms with E-state index in [-0.39, 0.29) is 18.6 Å². The van der Waals surface area contributed by atoms with E-state index >= 15 is 0 Å². The van der Waals surface area contributed by atoms with Gasteiger partial charge in [-0.05, 0) is 19.8 Å². The van der Waals surface area contributed by atoms with E-state index in [0.717, 1.165) is 19.4 Å². The third kappa shape index (κ3) is 3.74. The minimum atomic E-state index is -3.36. The highest BCUT2D eigenvalue weighted by molar-refractivity contribution is 7.89. The van der Waals surface area contributed by atoms with Crippen LogP contribution in [0.15, 0.2) is 0 Å². The highest BCUT2D eigenvalue weighted by atomic mass is 32.2. The zero-order valence-corrected chi connectivity index (χ0v) is 13.6. The molecule has 2 unspecified atom stereocenters. The minimum absolute atomic E-state index is 0.00197. The van der Waals surface area contributed by atoms with E-state index in [1.807, 2.05) is 4.90 Å². The van der Waals surface area contributed by atoms with Crippen molar-refractivity contribution in [2.24, 2.45) is 0 Å². The summed E-state index contributed by atoms with van der Waals surface area (Å²) in [6, 6.07) is -0.00197. The molecule has 2 saturated heterocycles. The summed E-state index contributed by atoms with van der Waals surface area (Å²) in [5, 5.41) is 2.48. The monoisotopic (exact) mass is 319 g/mol. The van der Waals surface area contributed by atoms with Gasteiger partial charge in [0, 0.05) is 39.3 Å². The predicted molar refractivity (Wildman–Crippen MR) is 79.4 cm³/mol. The first-order chi connectivity index (χ1) is 9.96. The molecule has 8 heteroatoms. The SMILES string of the molecule is COCC(C)S(=O)(=O)N1CCCC(N2CCNCC2=O)C1. The molecular weight excluding hydrogens is 294 g/mol. The maximum Gasteiger partial charge on any atom is 0.236 e. The first kappa shape index (κ1) is 16.7. The number of rotatable bonds is 5. The van der Waals surface area contributed by atoms with Crippen molar-refractivity contribution in [1.82, 2.24) is 14.5 Å². The van der Waals surface area contributed by atoms with Crippen LogP contribution in [0.5, 0.6) is 0 Å². The second kappa shape index (κ2) is 7.04. The largest absolute Gasteiger partial charge is 0.383 e. The van der Waals surface area contributed by atoms with E-state index in [0.29, 0.717) is 26.2 Å². The molecule has 7 nitrogen and oxygen atoms in total. The highest BCUT2D eigenvalue weighted by Gasteiger charge is 2.36. The maximum absolute atomic E-state index is 12.5. The van der Waals surface area contributed by atoms with Crippen LogP contribution >= 0.6 is 0 Å². The zero-order chi connectivity index (χ0) is 15.5. The van der Waals surface area contributed by atoms with Crippen molar-refractivity contribution in [2.75, 3.05) is 46.4 Å². The van der Waals surface area contributed by atoms with Gasteiger partial charge in [-0.25, -0.2) is 8.42 Å². The van der Waals surface area contributed by atoms with Gasteiger partial charge in [-0.2, -0.15) is 4.31 Å². The first-order valence-corrected chi connectivity index (χ1v) is 8.95. The van der Waals surface area contributed by atoms with Crippen molar-refractivity contribution in [2.45, 2.75) is 31.1 Å². The molecule has 2 fully saturated rings. The van der Waals surface area contributed by atoms with Gasteiger partial charge in [-0.15, -0.1) is 0 Å². The Bertz CT molecular complexity index is 468. The third-order valence-electron chi connectivity index (χ3n) is 4.20. The molecule has 0 saturated carbocycles. The lowest BCUT2D eigenvalue weighted by atomic mass is 10.1. The number of nitrogens with zero attached hydrogens (tertiary/aromatic N) is 2. The molecule has 0 aromatic rings. The molecule has 0 aromatic carbocycles. The lowest BCUT2D eigenvalue weighted by Crippen LogP contribution is -2.58. The van der Waals surface area contributed by atoms with Gasteiger partial charge in [-0.1, -0.05) is 0 Å². The molecule has 0 aromatic heterocycles. The fraction of sp³-hybridized carbons (Fsp3) is 0.923. The molecule has 2 aliphatic rings. The van der Waals surface area contributed by atoms with Gasteiger partial charge in [0.2, 0.25) is 15.9 Å². The smallest absolute Gasteiger partial charge is 0.236 e. The van der Waals surface area contributed by atoms with Crippen molar-refractivity contribution >= 4 is 15.9 Å². The van der Waals surface area contributed by atoms with Crippen LogP contribution in [-0.2, 0) is 19.6 Å². The lowest BCUT2D eigenvalue weighted by Gasteiger charge is -2.41. The van der Waals surface area contributed by atoms with Crippen molar-refractivity contribution in [3.63, 3.8) is 0 Å². The number of piperazine rings is 1. The fourth-order valence-electron chi connectivity index (χ4n) is 2.99. The van der Waals surface area contributed by atoms with Gasteiger partial charge < -0.3 is 15.0 Å². The normalized spacial score (nSPS) is 26.9. The van der Waals surface area contributed by atoms with Crippen LogP contribution in [0.3, 0.4) is 0 Å². The molecule has 2 rings (SSSR count). The Morgan fingerprint density at radius 1 is 1.43 bits per heavy atom. The molecule has 0 bridgehead atoms. The second-order valence-electron chi connectivity index (χ2n) is 5.73. The number of amides is 1. The summed E-state index contributed by atoms with van der Waals surface area (Å²) in [7, 11) is -1.85. The van der Waals surface area contributed by atoms with Gasteiger partial charge >= 0.3 is 0 Å². The number of methoxy groups -OCH3 is 1. The van der Waals surface area contributed by atoms with Gasteiger partial charge in [-0.3, -0.25) is 4.79 Å². The topological polar surface area (TPSA) is 79.0 Å². The number of ether oxygens (including phenoxy) is 1. The number of nitrogens with one attached hydrogen (secondary N) is 1. The van der Waals surface area contributed by atoms with Crippen molar-refractivity contribution in [3.8, 4) is 0 Å². The Hall–Kier alpha value is -0.700. The predicted octanol–water partition coefficient (Wildman–Crippen LogP) is -0.753. The summed E-state index contributed by atoms with van der Waals surface area (Å²) in [5.41, 5.74) is 0. The van der Waals surface area contributed by atoms with Gasteiger partial charge in [0.05, 0.1) is 18.4 Å². The van der Waals surface area contributed by atoms with E-state index in [2.05, 4.69) is 5.32 Å². The van der Waals surface area contributed by atoms with E-state index in [1.165, 1.54) is 11.4 Å². The van der Waals surface area contributed by atoms with Crippen LogP contribution in [0.1, 0.15) is 19.8 Å². The third-order valence-corrected chi connectivity index (χ3v) is 6.40. The molecule has 2 aliphatic heterocycles. The average molecular weight is 319 g/mol. The molecule has 0 spiro atoms. The molecule has 1 N–H and O–H groups in total. The number of piperidine rings is 1. The van der Waals surface area contributed by atoms with Gasteiger partial charge in [0.15, 0.2) is 0 Å². The standard InChI is InChI=1S/C13H25N3O4S/c1-11(10-20-2)21(18,19)15-6-3-4-12(9-15)16-7-5-14-8-13(16)17/h11-12,14H,3-10H2,1-2H3. The van der Waals surface area contributed by atoms with E-state index in [1.54, 1.807) is 6.92 Å².